The van der Waals surface area contributed by atoms with Gasteiger partial charge >= 0.3 is 6.18 Å². The van der Waals surface area contributed by atoms with Crippen LogP contribution in [0.5, 0.6) is 0 Å². The maximum atomic E-state index is 12.6. The summed E-state index contributed by atoms with van der Waals surface area (Å²) < 4.78 is 37.7. The number of hydrogen-bond acceptors (Lipinski definition) is 0. The highest BCUT2D eigenvalue weighted by molar-refractivity contribution is 5.27. The summed E-state index contributed by atoms with van der Waals surface area (Å²) in [6.45, 7) is 3.65. The van der Waals surface area contributed by atoms with E-state index in [1.807, 2.05) is 6.08 Å². The zero-order valence-corrected chi connectivity index (χ0v) is 12.8. The van der Waals surface area contributed by atoms with Crippen molar-refractivity contribution in [2.75, 3.05) is 0 Å². The molecule has 0 saturated heterocycles. The molecule has 120 valence electrons. The fraction of sp³-hybridized carbons (Fsp3) is 0.474. The third-order valence-electron chi connectivity index (χ3n) is 4.57. The summed E-state index contributed by atoms with van der Waals surface area (Å²) in [5, 5.41) is 0. The van der Waals surface area contributed by atoms with Gasteiger partial charge in [0, 0.05) is 0 Å². The molecule has 0 nitrogen and oxygen atoms in total. The molecule has 0 unspecified atom stereocenters. The molecule has 3 heteroatoms. The van der Waals surface area contributed by atoms with Crippen molar-refractivity contribution in [2.24, 2.45) is 5.92 Å². The number of hydrogen-bond donors (Lipinski definition) is 0. The minimum atomic E-state index is -4.24. The third kappa shape index (κ3) is 4.75. The van der Waals surface area contributed by atoms with Crippen molar-refractivity contribution < 1.29 is 13.2 Å². The van der Waals surface area contributed by atoms with Gasteiger partial charge in [-0.1, -0.05) is 36.9 Å². The first-order valence-corrected chi connectivity index (χ1v) is 7.95. The Morgan fingerprint density at radius 3 is 2.23 bits per heavy atom. The van der Waals surface area contributed by atoms with Gasteiger partial charge in [0.05, 0.1) is 5.56 Å². The van der Waals surface area contributed by atoms with Crippen molar-refractivity contribution in [3.05, 3.63) is 60.2 Å². The molecule has 0 heterocycles. The highest BCUT2D eigenvalue weighted by atomic mass is 19.4. The van der Waals surface area contributed by atoms with Crippen molar-refractivity contribution in [1.29, 1.82) is 0 Å². The average molecular weight is 308 g/mol. The predicted octanol–water partition coefficient (Wildman–Crippen LogP) is 6.50. The van der Waals surface area contributed by atoms with Crippen LogP contribution in [0.25, 0.3) is 0 Å². The summed E-state index contributed by atoms with van der Waals surface area (Å²) >= 11 is 0. The SMILES string of the molecule is C=CC=CCCC1CCC(c2ccc(C(F)(F)F)cc2)CC1. The van der Waals surface area contributed by atoms with Crippen molar-refractivity contribution in [1.82, 2.24) is 0 Å². The Hall–Kier alpha value is -1.51. The second-order valence-corrected chi connectivity index (χ2v) is 6.08. The minimum absolute atomic E-state index is 0.419. The van der Waals surface area contributed by atoms with E-state index in [1.165, 1.54) is 31.4 Å². The standard InChI is InChI=1S/C19H23F3/c1-2-3-4-5-6-15-7-9-16(10-8-15)17-11-13-18(14-12-17)19(20,21)22/h2-4,11-16H,1,5-10H2. The van der Waals surface area contributed by atoms with Crippen molar-refractivity contribution in [3.63, 3.8) is 0 Å². The first-order valence-electron chi connectivity index (χ1n) is 7.95. The van der Waals surface area contributed by atoms with Gasteiger partial charge in [-0.05, 0) is 68.1 Å². The van der Waals surface area contributed by atoms with E-state index in [-0.39, 0.29) is 0 Å². The first-order chi connectivity index (χ1) is 10.5. The van der Waals surface area contributed by atoms with Crippen molar-refractivity contribution >= 4 is 0 Å². The van der Waals surface area contributed by atoms with Gasteiger partial charge in [-0.2, -0.15) is 13.2 Å². The topological polar surface area (TPSA) is 0 Å². The Morgan fingerprint density at radius 1 is 1.05 bits per heavy atom. The Kier molecular flexibility index (Phi) is 5.87. The molecular weight excluding hydrogens is 285 g/mol. The Balaban J connectivity index is 1.84. The molecule has 1 aliphatic rings. The maximum absolute atomic E-state index is 12.6. The van der Waals surface area contributed by atoms with Gasteiger partial charge in [0.15, 0.2) is 0 Å². The van der Waals surface area contributed by atoms with Crippen molar-refractivity contribution in [2.45, 2.75) is 50.6 Å². The highest BCUT2D eigenvalue weighted by Gasteiger charge is 2.30. The molecule has 0 aliphatic heterocycles. The lowest BCUT2D eigenvalue weighted by Gasteiger charge is -2.28. The lowest BCUT2D eigenvalue weighted by atomic mass is 9.77. The Bertz CT molecular complexity index is 488. The maximum Gasteiger partial charge on any atom is 0.416 e. The zero-order chi connectivity index (χ0) is 16.0. The molecule has 0 N–H and O–H groups in total. The minimum Gasteiger partial charge on any atom is -0.166 e. The largest absolute Gasteiger partial charge is 0.416 e. The molecule has 1 aliphatic carbocycles. The Morgan fingerprint density at radius 2 is 1.68 bits per heavy atom. The molecule has 2 rings (SSSR count). The summed E-state index contributed by atoms with van der Waals surface area (Å²) in [5.41, 5.74) is 0.497. The lowest BCUT2D eigenvalue weighted by Crippen LogP contribution is -2.13. The van der Waals surface area contributed by atoms with Gasteiger partial charge in [-0.3, -0.25) is 0 Å². The van der Waals surface area contributed by atoms with Crippen LogP contribution in [0.4, 0.5) is 13.2 Å². The number of halogens is 3. The molecule has 22 heavy (non-hydrogen) atoms. The van der Waals surface area contributed by atoms with E-state index < -0.39 is 11.7 Å². The zero-order valence-electron chi connectivity index (χ0n) is 12.8. The van der Waals surface area contributed by atoms with Crippen LogP contribution in [0.15, 0.2) is 49.1 Å². The van der Waals surface area contributed by atoms with E-state index in [1.54, 1.807) is 18.2 Å². The van der Waals surface area contributed by atoms with E-state index in [0.717, 1.165) is 30.7 Å². The number of benzene rings is 1. The fourth-order valence-electron chi connectivity index (χ4n) is 3.25. The summed E-state index contributed by atoms with van der Waals surface area (Å²) in [5.74, 6) is 1.17. The van der Waals surface area contributed by atoms with E-state index in [9.17, 15) is 13.2 Å². The summed E-state index contributed by atoms with van der Waals surface area (Å²) in [7, 11) is 0. The molecule has 1 saturated carbocycles. The monoisotopic (exact) mass is 308 g/mol. The van der Waals surface area contributed by atoms with Gasteiger partial charge in [0.1, 0.15) is 0 Å². The smallest absolute Gasteiger partial charge is 0.166 e. The molecule has 1 aromatic rings. The van der Waals surface area contributed by atoms with Gasteiger partial charge in [0.25, 0.3) is 0 Å². The van der Waals surface area contributed by atoms with Crippen LogP contribution >= 0.6 is 0 Å². The molecule has 0 aromatic heterocycles. The first kappa shape index (κ1) is 16.9. The van der Waals surface area contributed by atoms with Crippen LogP contribution < -0.4 is 0 Å². The van der Waals surface area contributed by atoms with E-state index in [0.29, 0.717) is 5.92 Å². The normalized spacial score (nSPS) is 22.9. The van der Waals surface area contributed by atoms with Crippen LogP contribution in [0.1, 0.15) is 55.6 Å². The van der Waals surface area contributed by atoms with E-state index in [2.05, 4.69) is 12.7 Å². The van der Waals surface area contributed by atoms with Crippen LogP contribution in [-0.2, 0) is 6.18 Å². The molecular formula is C19H23F3. The van der Waals surface area contributed by atoms with Crippen LogP contribution in [0, 0.1) is 5.92 Å². The molecule has 0 amide bonds. The van der Waals surface area contributed by atoms with Gasteiger partial charge in [-0.25, -0.2) is 0 Å². The van der Waals surface area contributed by atoms with E-state index in [4.69, 9.17) is 0 Å². The number of alkyl halides is 3. The average Bonchev–Trinajstić information content (AvgIpc) is 2.51. The summed E-state index contributed by atoms with van der Waals surface area (Å²) in [4.78, 5) is 0. The van der Waals surface area contributed by atoms with E-state index >= 15 is 0 Å². The third-order valence-corrected chi connectivity index (χ3v) is 4.57. The molecule has 0 atom stereocenters. The number of rotatable bonds is 5. The lowest BCUT2D eigenvalue weighted by molar-refractivity contribution is -0.137. The van der Waals surface area contributed by atoms with Crippen LogP contribution in [-0.4, -0.2) is 0 Å². The highest BCUT2D eigenvalue weighted by Crippen LogP contribution is 2.38. The second-order valence-electron chi connectivity index (χ2n) is 6.08. The second kappa shape index (κ2) is 7.66. The number of allylic oxidation sites excluding steroid dienone is 3. The quantitative estimate of drug-likeness (QED) is 0.544. The summed E-state index contributed by atoms with van der Waals surface area (Å²) in [6.07, 6.45) is 8.48. The molecule has 0 bridgehead atoms. The van der Waals surface area contributed by atoms with Gasteiger partial charge in [-0.15, -0.1) is 0 Å². The van der Waals surface area contributed by atoms with Crippen LogP contribution in [0.3, 0.4) is 0 Å². The summed E-state index contributed by atoms with van der Waals surface area (Å²) in [6, 6.07) is 5.73. The van der Waals surface area contributed by atoms with Crippen molar-refractivity contribution in [3.8, 4) is 0 Å². The van der Waals surface area contributed by atoms with Crippen LogP contribution in [0.2, 0.25) is 0 Å². The molecule has 0 radical (unpaired) electrons. The molecule has 0 spiro atoms. The van der Waals surface area contributed by atoms with Gasteiger partial charge in [0.2, 0.25) is 0 Å². The fourth-order valence-corrected chi connectivity index (χ4v) is 3.25. The molecule has 1 fully saturated rings. The Labute approximate surface area is 130 Å². The predicted molar refractivity (Wildman–Crippen MR) is 84.7 cm³/mol. The molecule has 1 aromatic carbocycles. The van der Waals surface area contributed by atoms with Gasteiger partial charge < -0.3 is 0 Å².